The molecular weight excluding hydrogens is 384 g/mol. The van der Waals surface area contributed by atoms with Crippen molar-refractivity contribution in [3.63, 3.8) is 0 Å². The number of rotatable bonds is 7. The molecule has 3 rings (SSSR count). The van der Waals surface area contributed by atoms with Crippen LogP contribution in [-0.4, -0.2) is 54.2 Å². The lowest BCUT2D eigenvalue weighted by molar-refractivity contribution is -0.143. The van der Waals surface area contributed by atoms with Crippen LogP contribution in [0.4, 0.5) is 4.79 Å². The van der Waals surface area contributed by atoms with Crippen LogP contribution >= 0.6 is 0 Å². The van der Waals surface area contributed by atoms with E-state index in [1.807, 2.05) is 36.4 Å². The Morgan fingerprint density at radius 2 is 1.57 bits per heavy atom. The minimum Gasteiger partial charge on any atom is -0.481 e. The monoisotopic (exact) mass is 410 g/mol. The Morgan fingerprint density at radius 3 is 2.10 bits per heavy atom. The fraction of sp³-hybridized carbons (Fsp3) is 0.348. The third-order valence-electron chi connectivity index (χ3n) is 5.39. The number of amides is 2. The van der Waals surface area contributed by atoms with Gasteiger partial charge in [0.05, 0.1) is 5.92 Å². The van der Waals surface area contributed by atoms with Crippen molar-refractivity contribution >= 4 is 18.0 Å². The Balaban J connectivity index is 1.58. The van der Waals surface area contributed by atoms with Crippen LogP contribution in [0.3, 0.4) is 0 Å². The third-order valence-corrected chi connectivity index (χ3v) is 5.39. The average Bonchev–Trinajstić information content (AvgIpc) is 3.05. The van der Waals surface area contributed by atoms with Crippen LogP contribution in [0.1, 0.15) is 30.9 Å². The molecule has 2 atom stereocenters. The smallest absolute Gasteiger partial charge is 0.407 e. The lowest BCUT2D eigenvalue weighted by Gasteiger charge is -2.23. The molecule has 0 saturated carbocycles. The maximum absolute atomic E-state index is 12.4. The molecule has 0 bridgehead atoms. The number of alkyl carbamates (subject to hydrolysis) is 1. The van der Waals surface area contributed by atoms with E-state index in [0.717, 1.165) is 22.3 Å². The number of carboxylic acid groups (broad SMARTS) is 1. The molecule has 0 aliphatic heterocycles. The molecule has 1 aliphatic rings. The normalized spacial score (nSPS) is 14.2. The quantitative estimate of drug-likeness (QED) is 0.731. The summed E-state index contributed by atoms with van der Waals surface area (Å²) in [5.41, 5.74) is 4.50. The number of benzene rings is 2. The van der Waals surface area contributed by atoms with Crippen LogP contribution in [0, 0.1) is 5.92 Å². The van der Waals surface area contributed by atoms with E-state index >= 15 is 0 Å². The molecule has 0 heterocycles. The zero-order valence-corrected chi connectivity index (χ0v) is 17.3. The molecule has 1 aliphatic carbocycles. The van der Waals surface area contributed by atoms with Crippen LogP contribution in [0.5, 0.6) is 0 Å². The predicted octanol–water partition coefficient (Wildman–Crippen LogP) is 3.09. The van der Waals surface area contributed by atoms with Crippen LogP contribution in [0.15, 0.2) is 48.5 Å². The summed E-state index contributed by atoms with van der Waals surface area (Å²) < 4.78 is 5.44. The van der Waals surface area contributed by atoms with Crippen molar-refractivity contribution in [3.8, 4) is 11.1 Å². The largest absolute Gasteiger partial charge is 0.481 e. The molecule has 0 fully saturated rings. The summed E-state index contributed by atoms with van der Waals surface area (Å²) >= 11 is 0. The lowest BCUT2D eigenvalue weighted by Crippen LogP contribution is -2.47. The molecule has 2 amide bonds. The second-order valence-electron chi connectivity index (χ2n) is 7.65. The highest BCUT2D eigenvalue weighted by Gasteiger charge is 2.29. The predicted molar refractivity (Wildman–Crippen MR) is 112 cm³/mol. The molecule has 0 spiro atoms. The van der Waals surface area contributed by atoms with Gasteiger partial charge in [-0.1, -0.05) is 55.5 Å². The molecule has 0 saturated heterocycles. The van der Waals surface area contributed by atoms with Crippen molar-refractivity contribution in [2.45, 2.75) is 25.8 Å². The summed E-state index contributed by atoms with van der Waals surface area (Å²) in [6.07, 6.45) is -0.683. The molecule has 1 unspecified atom stereocenters. The van der Waals surface area contributed by atoms with Gasteiger partial charge in [0, 0.05) is 19.5 Å². The topological polar surface area (TPSA) is 95.9 Å². The minimum atomic E-state index is -0.980. The third kappa shape index (κ3) is 4.45. The van der Waals surface area contributed by atoms with Crippen LogP contribution in [-0.2, 0) is 14.3 Å². The van der Waals surface area contributed by atoms with Gasteiger partial charge < -0.3 is 20.1 Å². The molecular formula is C23H26N2O5. The first-order valence-corrected chi connectivity index (χ1v) is 9.89. The van der Waals surface area contributed by atoms with Crippen molar-refractivity contribution in [3.05, 3.63) is 59.7 Å². The van der Waals surface area contributed by atoms with Crippen molar-refractivity contribution in [1.29, 1.82) is 0 Å². The number of aliphatic carboxylic acids is 1. The van der Waals surface area contributed by atoms with Crippen molar-refractivity contribution in [2.75, 3.05) is 20.2 Å². The Kier molecular flexibility index (Phi) is 6.40. The van der Waals surface area contributed by atoms with E-state index < -0.39 is 24.0 Å². The van der Waals surface area contributed by atoms with E-state index in [0.29, 0.717) is 0 Å². The van der Waals surface area contributed by atoms with E-state index in [1.54, 1.807) is 6.92 Å². The summed E-state index contributed by atoms with van der Waals surface area (Å²) in [6.45, 7) is 3.29. The number of hydrogen-bond donors (Lipinski definition) is 2. The van der Waals surface area contributed by atoms with Gasteiger partial charge in [-0.15, -0.1) is 0 Å². The SMILES string of the molecule is CC(CN(C)C(=O)[C@H](C)NC(=O)OCC1c2ccccc2-c2ccccc21)C(=O)O. The molecule has 0 radical (unpaired) electrons. The summed E-state index contributed by atoms with van der Waals surface area (Å²) in [7, 11) is 1.51. The highest BCUT2D eigenvalue weighted by molar-refractivity contribution is 5.85. The van der Waals surface area contributed by atoms with Gasteiger partial charge in [0.25, 0.3) is 0 Å². The summed E-state index contributed by atoms with van der Waals surface area (Å²) in [5, 5.41) is 11.5. The molecule has 158 valence electrons. The number of nitrogens with zero attached hydrogens (tertiary/aromatic N) is 1. The number of carboxylic acids is 1. The molecule has 0 aromatic heterocycles. The molecule has 7 nitrogen and oxygen atoms in total. The second-order valence-corrected chi connectivity index (χ2v) is 7.65. The number of carbonyl (C=O) groups excluding carboxylic acids is 2. The first kappa shape index (κ1) is 21.4. The van der Waals surface area contributed by atoms with E-state index in [2.05, 4.69) is 17.4 Å². The number of nitrogens with one attached hydrogen (secondary N) is 1. The van der Waals surface area contributed by atoms with E-state index in [-0.39, 0.29) is 25.0 Å². The van der Waals surface area contributed by atoms with Gasteiger partial charge in [-0.2, -0.15) is 0 Å². The average molecular weight is 410 g/mol. The van der Waals surface area contributed by atoms with Gasteiger partial charge in [0.15, 0.2) is 0 Å². The number of ether oxygens (including phenoxy) is 1. The minimum absolute atomic E-state index is 0.0604. The number of hydrogen-bond acceptors (Lipinski definition) is 4. The summed E-state index contributed by atoms with van der Waals surface area (Å²) in [6, 6.07) is 15.3. The van der Waals surface area contributed by atoms with Gasteiger partial charge >= 0.3 is 12.1 Å². The van der Waals surface area contributed by atoms with Gasteiger partial charge in [-0.05, 0) is 29.2 Å². The zero-order valence-electron chi connectivity index (χ0n) is 17.3. The Labute approximate surface area is 175 Å². The zero-order chi connectivity index (χ0) is 21.8. The first-order chi connectivity index (χ1) is 14.3. The fourth-order valence-corrected chi connectivity index (χ4v) is 3.79. The Bertz CT molecular complexity index is 913. The second kappa shape index (κ2) is 8.98. The first-order valence-electron chi connectivity index (χ1n) is 9.89. The Hall–Kier alpha value is -3.35. The van der Waals surface area contributed by atoms with E-state index in [4.69, 9.17) is 9.84 Å². The van der Waals surface area contributed by atoms with Crippen LogP contribution in [0.25, 0.3) is 11.1 Å². The van der Waals surface area contributed by atoms with Gasteiger partial charge in [-0.3, -0.25) is 9.59 Å². The lowest BCUT2D eigenvalue weighted by atomic mass is 9.98. The van der Waals surface area contributed by atoms with Crippen molar-refractivity contribution in [2.24, 2.45) is 5.92 Å². The highest BCUT2D eigenvalue weighted by Crippen LogP contribution is 2.44. The maximum Gasteiger partial charge on any atom is 0.407 e. The fourth-order valence-electron chi connectivity index (χ4n) is 3.79. The molecule has 2 aromatic rings. The van der Waals surface area contributed by atoms with E-state index in [9.17, 15) is 14.4 Å². The van der Waals surface area contributed by atoms with Crippen molar-refractivity contribution < 1.29 is 24.2 Å². The maximum atomic E-state index is 12.4. The van der Waals surface area contributed by atoms with E-state index in [1.165, 1.54) is 18.9 Å². The summed E-state index contributed by atoms with van der Waals surface area (Å²) in [4.78, 5) is 36.9. The number of carbonyl (C=O) groups is 3. The molecule has 2 aromatic carbocycles. The van der Waals surface area contributed by atoms with Gasteiger partial charge in [0.2, 0.25) is 5.91 Å². The van der Waals surface area contributed by atoms with Crippen LogP contribution in [0.2, 0.25) is 0 Å². The molecule has 2 N–H and O–H groups in total. The molecule has 30 heavy (non-hydrogen) atoms. The summed E-state index contributed by atoms with van der Waals surface area (Å²) in [5.74, 6) is -2.11. The Morgan fingerprint density at radius 1 is 1.03 bits per heavy atom. The number of likely N-dealkylation sites (N-methyl/N-ethyl adjacent to an activating group) is 1. The van der Waals surface area contributed by atoms with Gasteiger partial charge in [0.1, 0.15) is 12.6 Å². The standard InChI is InChI=1S/C23H26N2O5/c1-14(22(27)28)12-25(3)21(26)15(2)24-23(29)30-13-20-18-10-6-4-8-16(18)17-9-5-7-11-19(17)20/h4-11,14-15,20H,12-13H2,1-3H3,(H,24,29)(H,27,28)/t14?,15-/m0/s1. The molecule has 7 heteroatoms. The van der Waals surface area contributed by atoms with Crippen LogP contribution < -0.4 is 5.32 Å². The van der Waals surface area contributed by atoms with Crippen molar-refractivity contribution in [1.82, 2.24) is 10.2 Å². The number of fused-ring (bicyclic) bond motifs is 3. The highest BCUT2D eigenvalue weighted by atomic mass is 16.5. The van der Waals surface area contributed by atoms with Gasteiger partial charge in [-0.25, -0.2) is 4.79 Å².